The largest absolute Gasteiger partial charge is 1.00 e. The molecule has 0 fully saturated rings. The Kier molecular flexibility index (Phi) is 10.3. The first kappa shape index (κ1) is 31.2. The molecule has 1 atom stereocenters. The minimum atomic E-state index is -4.61. The van der Waals surface area contributed by atoms with E-state index in [-0.39, 0.29) is 46.9 Å². The highest BCUT2D eigenvalue weighted by Crippen LogP contribution is 2.35. The number of alkyl halides is 3. The number of benzene rings is 1. The maximum atomic E-state index is 13.1. The van der Waals surface area contributed by atoms with Crippen molar-refractivity contribution < 1.29 is 59.6 Å². The second-order valence-corrected chi connectivity index (χ2v) is 12.3. The lowest BCUT2D eigenvalue weighted by Gasteiger charge is -2.29. The van der Waals surface area contributed by atoms with E-state index in [1.165, 1.54) is 19.2 Å². The summed E-state index contributed by atoms with van der Waals surface area (Å²) in [6.45, 7) is 0.372. The number of hydrogen-bond donors (Lipinski definition) is 1. The molecule has 204 valence electrons. The van der Waals surface area contributed by atoms with Crippen molar-refractivity contribution >= 4 is 27.3 Å². The molecule has 8 nitrogen and oxygen atoms in total. The minimum Gasteiger partial charge on any atom is -1.00 e. The van der Waals surface area contributed by atoms with Gasteiger partial charge in [-0.25, -0.2) is 13.1 Å². The normalized spacial score (nSPS) is 13.2. The monoisotopic (exact) mass is 672 g/mol. The third-order valence-corrected chi connectivity index (χ3v) is 8.13. The Labute approximate surface area is 235 Å². The highest BCUT2D eigenvalue weighted by Gasteiger charge is 2.35. The lowest BCUT2D eigenvalue weighted by Crippen LogP contribution is -3.00. The van der Waals surface area contributed by atoms with E-state index in [0.29, 0.717) is 15.9 Å². The van der Waals surface area contributed by atoms with Crippen LogP contribution in [0.2, 0.25) is 0 Å². The van der Waals surface area contributed by atoms with Crippen molar-refractivity contribution in [1.82, 2.24) is 14.5 Å². The summed E-state index contributed by atoms with van der Waals surface area (Å²) in [7, 11) is 2.87. The average molecular weight is 673 g/mol. The van der Waals surface area contributed by atoms with Crippen LogP contribution < -0.4 is 28.7 Å². The fourth-order valence-corrected chi connectivity index (χ4v) is 6.12. The number of rotatable bonds is 10. The molecule has 1 aromatic carbocycles. The highest BCUT2D eigenvalue weighted by molar-refractivity contribution is 7.91. The van der Waals surface area contributed by atoms with Gasteiger partial charge in [0.05, 0.1) is 50.7 Å². The molecule has 0 unspecified atom stereocenters. The molecule has 0 radical (unpaired) electrons. The second kappa shape index (κ2) is 12.2. The zero-order valence-corrected chi connectivity index (χ0v) is 24.4. The molecule has 2 aromatic heterocycles. The third-order valence-electron chi connectivity index (χ3n) is 5.01. The molecule has 0 aliphatic rings. The van der Waals surface area contributed by atoms with Gasteiger partial charge in [0.1, 0.15) is 10.8 Å². The first-order chi connectivity index (χ1) is 16.6. The molecular formula is C23H28F3IN4O4S2. The van der Waals surface area contributed by atoms with Crippen molar-refractivity contribution in [3.63, 3.8) is 0 Å². The number of quaternary nitrogens is 1. The predicted octanol–water partition coefficient (Wildman–Crippen LogP) is 0.658. The number of halogens is 4. The Morgan fingerprint density at radius 1 is 1.16 bits per heavy atom. The van der Waals surface area contributed by atoms with Gasteiger partial charge in [0.25, 0.3) is 10.0 Å². The van der Waals surface area contributed by atoms with E-state index in [2.05, 4.69) is 9.82 Å². The second-order valence-electron chi connectivity index (χ2n) is 9.30. The van der Waals surface area contributed by atoms with Crippen LogP contribution in [0.25, 0.3) is 10.6 Å². The van der Waals surface area contributed by atoms with Crippen LogP contribution in [0.5, 0.6) is 0 Å². The number of aromatic nitrogens is 2. The van der Waals surface area contributed by atoms with Crippen molar-refractivity contribution in [3.05, 3.63) is 59.8 Å². The van der Waals surface area contributed by atoms with Gasteiger partial charge < -0.3 is 33.2 Å². The molecule has 37 heavy (non-hydrogen) atoms. The molecule has 0 saturated carbocycles. The van der Waals surface area contributed by atoms with Crippen molar-refractivity contribution in [2.45, 2.75) is 29.5 Å². The Morgan fingerprint density at radius 3 is 2.38 bits per heavy atom. The van der Waals surface area contributed by atoms with Crippen molar-refractivity contribution in [3.8, 4) is 10.6 Å². The zero-order chi connectivity index (χ0) is 26.7. The van der Waals surface area contributed by atoms with Crippen LogP contribution in [-0.2, 0) is 39.4 Å². The number of carbonyl (C=O) groups is 1. The molecular weight excluding hydrogens is 644 g/mol. The van der Waals surface area contributed by atoms with Gasteiger partial charge in [-0.1, -0.05) is 30.3 Å². The van der Waals surface area contributed by atoms with E-state index >= 15 is 0 Å². The van der Waals surface area contributed by atoms with Gasteiger partial charge in [0, 0.05) is 7.05 Å². The van der Waals surface area contributed by atoms with E-state index in [1.807, 2.05) is 51.5 Å². The summed E-state index contributed by atoms with van der Waals surface area (Å²) in [6.07, 6.45) is -4.80. The van der Waals surface area contributed by atoms with E-state index in [9.17, 15) is 26.4 Å². The van der Waals surface area contributed by atoms with Gasteiger partial charge in [-0.2, -0.15) is 18.3 Å². The van der Waals surface area contributed by atoms with Crippen LogP contribution >= 0.6 is 11.3 Å². The van der Waals surface area contributed by atoms with Gasteiger partial charge in [0.15, 0.2) is 5.69 Å². The Balaban J connectivity index is 0.00000481. The summed E-state index contributed by atoms with van der Waals surface area (Å²) >= 11 is 0.818. The molecule has 1 N–H and O–H groups in total. The fourth-order valence-electron chi connectivity index (χ4n) is 3.52. The molecule has 0 amide bonds. The first-order valence-corrected chi connectivity index (χ1v) is 13.2. The SMILES string of the molecule is Cn1nc(C(F)(F)F)cc1-c1ccc(S(=O)(=O)N[C@H](CC(=O)OCc2ccccc2)C[N+](C)(C)C)s1.[I-]. The number of nitrogens with zero attached hydrogens (tertiary/aromatic N) is 3. The number of thiophene rings is 1. The summed E-state index contributed by atoms with van der Waals surface area (Å²) in [5.74, 6) is -0.554. The zero-order valence-electron chi connectivity index (χ0n) is 20.6. The number of ether oxygens (including phenoxy) is 1. The van der Waals surface area contributed by atoms with Crippen molar-refractivity contribution in [2.24, 2.45) is 7.05 Å². The van der Waals surface area contributed by atoms with Gasteiger partial charge in [0.2, 0.25) is 0 Å². The Bertz CT molecular complexity index is 1300. The average Bonchev–Trinajstić information content (AvgIpc) is 3.38. The van der Waals surface area contributed by atoms with E-state index in [4.69, 9.17) is 4.74 Å². The molecule has 0 spiro atoms. The lowest BCUT2D eigenvalue weighted by atomic mass is 10.2. The lowest BCUT2D eigenvalue weighted by molar-refractivity contribution is -0.871. The minimum absolute atomic E-state index is 0. The summed E-state index contributed by atoms with van der Waals surface area (Å²) in [5.41, 5.74) is -0.112. The number of nitrogens with one attached hydrogen (secondary N) is 1. The highest BCUT2D eigenvalue weighted by atomic mass is 127. The standard InChI is InChI=1S/C23H28F3N4O4S2.HI/c1-29-18(13-20(27-29)23(24,25)26)19-10-11-22(35-19)36(32,33)28-17(14-30(2,3)4)12-21(31)34-15-16-8-6-5-7-9-16;/h5-11,13,17,28H,12,14-15H2,1-4H3;1H/q+1;/p-1/t17-;/m1./s1. The van der Waals surface area contributed by atoms with E-state index in [0.717, 1.165) is 27.6 Å². The number of aryl methyl sites for hydroxylation is 1. The van der Waals surface area contributed by atoms with Crippen LogP contribution in [0.1, 0.15) is 17.7 Å². The van der Waals surface area contributed by atoms with E-state index in [1.54, 1.807) is 0 Å². The Morgan fingerprint density at radius 2 is 1.81 bits per heavy atom. The van der Waals surface area contributed by atoms with Gasteiger partial charge in [-0.3, -0.25) is 9.48 Å². The number of esters is 1. The molecule has 3 aromatic rings. The molecule has 3 rings (SSSR count). The third kappa shape index (κ3) is 9.05. The Hall–Kier alpha value is -2.01. The topological polar surface area (TPSA) is 90.3 Å². The van der Waals surface area contributed by atoms with Crippen LogP contribution in [0.4, 0.5) is 13.2 Å². The maximum Gasteiger partial charge on any atom is 0.435 e. The molecule has 14 heteroatoms. The summed E-state index contributed by atoms with van der Waals surface area (Å²) in [5, 5.41) is 3.47. The number of sulfonamides is 1. The van der Waals surface area contributed by atoms with Crippen LogP contribution in [0.3, 0.4) is 0 Å². The van der Waals surface area contributed by atoms with E-state index < -0.39 is 33.9 Å². The van der Waals surface area contributed by atoms with Crippen LogP contribution in [-0.4, -0.2) is 62.4 Å². The fraction of sp³-hybridized carbons (Fsp3) is 0.391. The molecule has 0 aliphatic carbocycles. The van der Waals surface area contributed by atoms with Crippen molar-refractivity contribution in [2.75, 3.05) is 27.7 Å². The summed E-state index contributed by atoms with van der Waals surface area (Å²) < 4.78 is 74.5. The van der Waals surface area contributed by atoms with Gasteiger partial charge in [-0.15, -0.1) is 11.3 Å². The van der Waals surface area contributed by atoms with Crippen molar-refractivity contribution in [1.29, 1.82) is 0 Å². The van der Waals surface area contributed by atoms with Crippen LogP contribution in [0.15, 0.2) is 52.7 Å². The molecule has 0 bridgehead atoms. The smallest absolute Gasteiger partial charge is 0.435 e. The predicted molar refractivity (Wildman–Crippen MR) is 129 cm³/mol. The van der Waals surface area contributed by atoms with Gasteiger partial charge >= 0.3 is 12.1 Å². The first-order valence-electron chi connectivity index (χ1n) is 10.9. The number of hydrogen-bond acceptors (Lipinski definition) is 6. The van der Waals surface area contributed by atoms with Gasteiger partial charge in [-0.05, 0) is 23.8 Å². The molecule has 0 aliphatic heterocycles. The molecule has 2 heterocycles. The van der Waals surface area contributed by atoms with Crippen LogP contribution in [0, 0.1) is 0 Å². The summed E-state index contributed by atoms with van der Waals surface area (Å²) in [6, 6.07) is 12.0. The number of carbonyl (C=O) groups excluding carboxylic acids is 1. The maximum absolute atomic E-state index is 13.1. The quantitative estimate of drug-likeness (QED) is 0.194. The summed E-state index contributed by atoms with van der Waals surface area (Å²) in [4.78, 5) is 12.8. The number of likely N-dealkylation sites (N-methyl/N-ethyl adjacent to an activating group) is 1. The molecule has 0 saturated heterocycles.